The molecule has 144 valence electrons. The molecule has 3 rings (SSSR count). The van der Waals surface area contributed by atoms with Crippen LogP contribution in [-0.4, -0.2) is 42.6 Å². The predicted octanol–water partition coefficient (Wildman–Crippen LogP) is 3.79. The number of thiazole rings is 1. The van der Waals surface area contributed by atoms with Gasteiger partial charge >= 0.3 is 6.03 Å². The van der Waals surface area contributed by atoms with Crippen molar-refractivity contribution in [1.82, 2.24) is 9.88 Å². The van der Waals surface area contributed by atoms with Crippen molar-refractivity contribution in [3.8, 4) is 11.3 Å². The van der Waals surface area contributed by atoms with Gasteiger partial charge in [-0.25, -0.2) is 9.78 Å². The second-order valence-corrected chi connectivity index (χ2v) is 7.58. The Morgan fingerprint density at radius 1 is 1.48 bits per heavy atom. The van der Waals surface area contributed by atoms with Gasteiger partial charge in [0.15, 0.2) is 5.13 Å². The average molecular weight is 388 g/mol. The molecule has 8 heteroatoms. The lowest BCUT2D eigenvalue weighted by Gasteiger charge is -2.26. The van der Waals surface area contributed by atoms with E-state index in [2.05, 4.69) is 15.6 Å². The van der Waals surface area contributed by atoms with Crippen LogP contribution in [0.25, 0.3) is 11.3 Å². The molecule has 1 aromatic heterocycles. The third-order valence-electron chi connectivity index (χ3n) is 4.56. The van der Waals surface area contributed by atoms with Crippen LogP contribution in [0, 0.1) is 5.92 Å². The second kappa shape index (κ2) is 8.49. The Morgan fingerprint density at radius 2 is 2.30 bits per heavy atom. The van der Waals surface area contributed by atoms with Gasteiger partial charge in [0.25, 0.3) is 0 Å². The highest BCUT2D eigenvalue weighted by Gasteiger charge is 2.20. The Kier molecular flexibility index (Phi) is 6.08. The maximum absolute atomic E-state index is 12.3. The number of nitrogens with one attached hydrogen (secondary N) is 2. The Hall–Kier alpha value is -2.45. The quantitative estimate of drug-likeness (QED) is 0.707. The van der Waals surface area contributed by atoms with E-state index in [1.807, 2.05) is 30.5 Å². The van der Waals surface area contributed by atoms with Gasteiger partial charge in [-0.05, 0) is 30.5 Å². The number of ether oxygens (including phenoxy) is 1. The monoisotopic (exact) mass is 388 g/mol. The summed E-state index contributed by atoms with van der Waals surface area (Å²) in [6.07, 6.45) is 1.64. The Labute approximate surface area is 162 Å². The lowest BCUT2D eigenvalue weighted by molar-refractivity contribution is -0.119. The number of urea groups is 1. The van der Waals surface area contributed by atoms with Crippen LogP contribution < -0.4 is 10.6 Å². The lowest BCUT2D eigenvalue weighted by Crippen LogP contribution is -2.35. The number of nitrogens with zero attached hydrogens (tertiary/aromatic N) is 2. The molecule has 0 saturated carbocycles. The summed E-state index contributed by atoms with van der Waals surface area (Å²) in [5, 5.41) is 8.28. The van der Waals surface area contributed by atoms with Crippen LogP contribution in [0.2, 0.25) is 0 Å². The number of methoxy groups -OCH3 is 1. The molecular formula is C19H24N4O3S. The number of carbonyl (C=O) groups excluding carboxylic acids is 2. The summed E-state index contributed by atoms with van der Waals surface area (Å²) in [6, 6.07) is 5.75. The fourth-order valence-electron chi connectivity index (χ4n) is 2.90. The highest BCUT2D eigenvalue weighted by atomic mass is 32.1. The van der Waals surface area contributed by atoms with Crippen molar-refractivity contribution in [3.05, 3.63) is 29.1 Å². The summed E-state index contributed by atoms with van der Waals surface area (Å²) in [4.78, 5) is 30.2. The summed E-state index contributed by atoms with van der Waals surface area (Å²) in [5.41, 5.74) is 3.64. The van der Waals surface area contributed by atoms with Crippen LogP contribution in [0.3, 0.4) is 0 Å². The normalized spacial score (nSPS) is 14.5. The summed E-state index contributed by atoms with van der Waals surface area (Å²) >= 11 is 1.41. The van der Waals surface area contributed by atoms with Crippen LogP contribution in [0.4, 0.5) is 15.6 Å². The van der Waals surface area contributed by atoms with Crippen LogP contribution >= 0.6 is 11.3 Å². The zero-order valence-corrected chi connectivity index (χ0v) is 16.6. The molecule has 2 N–H and O–H groups in total. The average Bonchev–Trinajstić information content (AvgIpc) is 3.11. The predicted molar refractivity (Wildman–Crippen MR) is 107 cm³/mol. The highest BCUT2D eigenvalue weighted by molar-refractivity contribution is 7.14. The second-order valence-electron chi connectivity index (χ2n) is 6.72. The first-order chi connectivity index (χ1) is 13.0. The molecule has 0 saturated heterocycles. The number of carbonyl (C=O) groups is 2. The molecule has 0 fully saturated rings. The van der Waals surface area contributed by atoms with E-state index in [-0.39, 0.29) is 17.9 Å². The molecule has 1 unspecified atom stereocenters. The van der Waals surface area contributed by atoms with Crippen molar-refractivity contribution in [3.63, 3.8) is 0 Å². The largest absolute Gasteiger partial charge is 0.385 e. The molecule has 2 heterocycles. The topological polar surface area (TPSA) is 83.6 Å². The number of aromatic nitrogens is 1. The fraction of sp³-hybridized carbons (Fsp3) is 0.421. The molecule has 0 spiro atoms. The molecule has 1 aromatic carbocycles. The zero-order chi connectivity index (χ0) is 19.4. The molecule has 0 radical (unpaired) electrons. The van der Waals surface area contributed by atoms with Gasteiger partial charge in [0.1, 0.15) is 0 Å². The van der Waals surface area contributed by atoms with Crippen LogP contribution in [0.1, 0.15) is 25.3 Å². The van der Waals surface area contributed by atoms with Gasteiger partial charge in [0, 0.05) is 49.9 Å². The first-order valence-corrected chi connectivity index (χ1v) is 9.76. The van der Waals surface area contributed by atoms with Gasteiger partial charge in [0.05, 0.1) is 5.69 Å². The number of benzene rings is 1. The van der Waals surface area contributed by atoms with Gasteiger partial charge in [-0.15, -0.1) is 11.3 Å². The van der Waals surface area contributed by atoms with E-state index < -0.39 is 0 Å². The molecule has 2 aromatic rings. The number of rotatable bonds is 7. The third-order valence-corrected chi connectivity index (χ3v) is 5.32. The van der Waals surface area contributed by atoms with E-state index >= 15 is 0 Å². The number of fused-ring (bicyclic) bond motifs is 1. The van der Waals surface area contributed by atoms with E-state index in [0.717, 1.165) is 35.3 Å². The standard InChI is InChI=1S/C19H24N4O3S/c1-12(5-4-8-26-3)17(24)22-18-20-16(11-27-18)13-6-7-15-14(9-13)10-23(2)19(25)21-15/h6-7,9,11-12H,4-5,8,10H2,1-3H3,(H,21,25)(H,20,22,24). The molecule has 0 aliphatic carbocycles. The highest BCUT2D eigenvalue weighted by Crippen LogP contribution is 2.30. The molecule has 1 aliphatic rings. The van der Waals surface area contributed by atoms with E-state index in [0.29, 0.717) is 18.3 Å². The maximum atomic E-state index is 12.3. The Balaban J connectivity index is 1.66. The Bertz CT molecular complexity index is 836. The molecule has 27 heavy (non-hydrogen) atoms. The zero-order valence-electron chi connectivity index (χ0n) is 15.7. The fourth-order valence-corrected chi connectivity index (χ4v) is 3.62. The Morgan fingerprint density at radius 3 is 3.07 bits per heavy atom. The van der Waals surface area contributed by atoms with Gasteiger partial charge in [-0.1, -0.05) is 13.0 Å². The summed E-state index contributed by atoms with van der Waals surface area (Å²) in [7, 11) is 3.42. The van der Waals surface area contributed by atoms with Crippen LogP contribution in [0.5, 0.6) is 0 Å². The first-order valence-electron chi connectivity index (χ1n) is 8.88. The van der Waals surface area contributed by atoms with E-state index in [1.54, 1.807) is 19.1 Å². The molecule has 0 bridgehead atoms. The van der Waals surface area contributed by atoms with Gasteiger partial charge in [-0.2, -0.15) is 0 Å². The third kappa shape index (κ3) is 4.64. The molecule has 3 amide bonds. The van der Waals surface area contributed by atoms with Crippen molar-refractivity contribution < 1.29 is 14.3 Å². The maximum Gasteiger partial charge on any atom is 0.321 e. The van der Waals surface area contributed by atoms with Crippen molar-refractivity contribution in [2.45, 2.75) is 26.3 Å². The summed E-state index contributed by atoms with van der Waals surface area (Å²) in [6.45, 7) is 3.13. The molecule has 1 atom stereocenters. The van der Waals surface area contributed by atoms with Gasteiger partial charge in [-0.3, -0.25) is 4.79 Å². The molecular weight excluding hydrogens is 364 g/mol. The lowest BCUT2D eigenvalue weighted by atomic mass is 10.0. The van der Waals surface area contributed by atoms with Crippen molar-refractivity contribution in [1.29, 1.82) is 0 Å². The minimum Gasteiger partial charge on any atom is -0.385 e. The van der Waals surface area contributed by atoms with E-state index in [1.165, 1.54) is 11.3 Å². The van der Waals surface area contributed by atoms with E-state index in [9.17, 15) is 9.59 Å². The van der Waals surface area contributed by atoms with Crippen molar-refractivity contribution >= 4 is 34.1 Å². The van der Waals surface area contributed by atoms with Gasteiger partial charge < -0.3 is 20.3 Å². The van der Waals surface area contributed by atoms with Crippen molar-refractivity contribution in [2.24, 2.45) is 5.92 Å². The first kappa shape index (κ1) is 19.3. The smallest absolute Gasteiger partial charge is 0.321 e. The summed E-state index contributed by atoms with van der Waals surface area (Å²) < 4.78 is 5.03. The summed E-state index contributed by atoms with van der Waals surface area (Å²) in [5.74, 6) is -0.114. The number of anilines is 2. The number of hydrogen-bond donors (Lipinski definition) is 2. The molecule has 7 nitrogen and oxygen atoms in total. The van der Waals surface area contributed by atoms with Crippen molar-refractivity contribution in [2.75, 3.05) is 31.4 Å². The minimum absolute atomic E-state index is 0.0261. The van der Waals surface area contributed by atoms with Crippen LogP contribution in [-0.2, 0) is 16.1 Å². The number of hydrogen-bond acceptors (Lipinski definition) is 5. The SMILES string of the molecule is COCCCC(C)C(=O)Nc1nc(-c2ccc3c(c2)CN(C)C(=O)N3)cs1. The van der Waals surface area contributed by atoms with Crippen LogP contribution in [0.15, 0.2) is 23.6 Å². The molecule has 1 aliphatic heterocycles. The van der Waals surface area contributed by atoms with E-state index in [4.69, 9.17) is 4.74 Å². The minimum atomic E-state index is -0.103. The van der Waals surface area contributed by atoms with Gasteiger partial charge in [0.2, 0.25) is 5.91 Å². The number of amides is 3.